The number of ether oxygens (including phenoxy) is 4. The Balaban J connectivity index is 1.47. The van der Waals surface area contributed by atoms with Crippen LogP contribution < -0.4 is 0 Å². The van der Waals surface area contributed by atoms with E-state index in [-0.39, 0.29) is 24.2 Å². The third-order valence-corrected chi connectivity index (χ3v) is 7.05. The number of aromatic hydroxyl groups is 1. The van der Waals surface area contributed by atoms with Gasteiger partial charge in [0.2, 0.25) is 6.29 Å². The summed E-state index contributed by atoms with van der Waals surface area (Å²) in [6, 6.07) is 6.31. The maximum Gasteiger partial charge on any atom is 0.331 e. The summed E-state index contributed by atoms with van der Waals surface area (Å²) in [6.07, 6.45) is -4.24. The quantitative estimate of drug-likeness (QED) is 0.209. The Morgan fingerprint density at radius 3 is 2.44 bits per heavy atom. The van der Waals surface area contributed by atoms with Gasteiger partial charge in [-0.1, -0.05) is 12.1 Å². The number of hydrogen-bond donors (Lipinski definition) is 6. The third-order valence-electron chi connectivity index (χ3n) is 7.05. The zero-order valence-electron chi connectivity index (χ0n) is 19.7. The molecule has 11 nitrogen and oxygen atoms in total. The van der Waals surface area contributed by atoms with Crippen molar-refractivity contribution < 1.29 is 54.4 Å². The second kappa shape index (κ2) is 11.3. The second-order valence-electron chi connectivity index (χ2n) is 9.38. The van der Waals surface area contributed by atoms with E-state index in [2.05, 4.69) is 0 Å². The minimum atomic E-state index is -1.61. The van der Waals surface area contributed by atoms with Gasteiger partial charge in [0.05, 0.1) is 12.9 Å². The number of hydrogen-bond acceptors (Lipinski definition) is 11. The number of esters is 1. The van der Waals surface area contributed by atoms with Crippen LogP contribution in [0.2, 0.25) is 0 Å². The smallest absolute Gasteiger partial charge is 0.331 e. The first-order valence-corrected chi connectivity index (χ1v) is 11.8. The molecule has 6 N–H and O–H groups in total. The van der Waals surface area contributed by atoms with E-state index in [4.69, 9.17) is 18.9 Å². The molecular weight excluding hydrogens is 476 g/mol. The van der Waals surface area contributed by atoms with Crippen LogP contribution in [0.5, 0.6) is 5.75 Å². The molecule has 1 saturated heterocycles. The lowest BCUT2D eigenvalue weighted by Crippen LogP contribution is -2.60. The fourth-order valence-corrected chi connectivity index (χ4v) is 5.17. The summed E-state index contributed by atoms with van der Waals surface area (Å²) < 4.78 is 22.7. The lowest BCUT2D eigenvalue weighted by Gasteiger charge is -2.43. The molecule has 4 rings (SSSR count). The zero-order valence-corrected chi connectivity index (χ0v) is 19.7. The maximum atomic E-state index is 12.6. The van der Waals surface area contributed by atoms with Gasteiger partial charge in [0.15, 0.2) is 6.29 Å². The molecule has 36 heavy (non-hydrogen) atoms. The van der Waals surface area contributed by atoms with Crippen LogP contribution in [-0.2, 0) is 23.7 Å². The summed E-state index contributed by atoms with van der Waals surface area (Å²) in [6.45, 7) is 0.981. The summed E-state index contributed by atoms with van der Waals surface area (Å²) in [4.78, 5) is 12.6. The van der Waals surface area contributed by atoms with Crippen LogP contribution in [0.25, 0.3) is 6.08 Å². The van der Waals surface area contributed by atoms with Gasteiger partial charge in [-0.3, -0.25) is 0 Å². The molecule has 1 saturated carbocycles. The van der Waals surface area contributed by atoms with Gasteiger partial charge in [-0.2, -0.15) is 0 Å². The molecule has 3 aliphatic rings. The minimum Gasteiger partial charge on any atom is -0.508 e. The van der Waals surface area contributed by atoms with E-state index >= 15 is 0 Å². The highest BCUT2D eigenvalue weighted by atomic mass is 16.8. The first-order valence-electron chi connectivity index (χ1n) is 11.8. The fraction of sp³-hybridized carbons (Fsp3) is 0.560. The molecular formula is C25H32O11. The average Bonchev–Trinajstić information content (AvgIpc) is 3.24. The van der Waals surface area contributed by atoms with Gasteiger partial charge in [-0.25, -0.2) is 4.79 Å². The predicted molar refractivity (Wildman–Crippen MR) is 123 cm³/mol. The third kappa shape index (κ3) is 5.42. The molecule has 10 atom stereocenters. The van der Waals surface area contributed by atoms with Crippen molar-refractivity contribution in [3.63, 3.8) is 0 Å². The second-order valence-corrected chi connectivity index (χ2v) is 9.38. The molecule has 0 aromatic heterocycles. The number of phenolic OH excluding ortho intramolecular Hbond substituents is 1. The van der Waals surface area contributed by atoms with Crippen molar-refractivity contribution in [2.75, 3.05) is 13.2 Å². The molecule has 1 aliphatic carbocycles. The van der Waals surface area contributed by atoms with E-state index in [0.717, 1.165) is 5.57 Å². The monoisotopic (exact) mass is 508 g/mol. The summed E-state index contributed by atoms with van der Waals surface area (Å²) in [5.74, 6) is -1.64. The van der Waals surface area contributed by atoms with Crippen LogP contribution in [-0.4, -0.2) is 92.9 Å². The topological polar surface area (TPSA) is 175 Å². The van der Waals surface area contributed by atoms with Gasteiger partial charge in [0, 0.05) is 24.5 Å². The molecule has 0 bridgehead atoms. The molecule has 1 aromatic rings. The van der Waals surface area contributed by atoms with E-state index in [0.29, 0.717) is 12.0 Å². The highest BCUT2D eigenvalue weighted by molar-refractivity contribution is 5.87. The van der Waals surface area contributed by atoms with Gasteiger partial charge in [-0.05, 0) is 48.6 Å². The van der Waals surface area contributed by atoms with Crippen LogP contribution in [0.4, 0.5) is 0 Å². The Labute approximate surface area is 207 Å². The van der Waals surface area contributed by atoms with Crippen LogP contribution in [0.3, 0.4) is 0 Å². The molecule has 2 fully saturated rings. The van der Waals surface area contributed by atoms with Gasteiger partial charge in [0.1, 0.15) is 36.3 Å². The highest BCUT2D eigenvalue weighted by Crippen LogP contribution is 2.48. The summed E-state index contributed by atoms with van der Waals surface area (Å²) in [5.41, 5.74) is 1.49. The Morgan fingerprint density at radius 2 is 1.78 bits per heavy atom. The number of aliphatic hydroxyl groups is 5. The van der Waals surface area contributed by atoms with E-state index in [1.807, 2.05) is 6.92 Å². The number of benzene rings is 1. The summed E-state index contributed by atoms with van der Waals surface area (Å²) in [7, 11) is 0. The molecule has 0 amide bonds. The number of phenols is 1. The lowest BCUT2D eigenvalue weighted by atomic mass is 9.83. The Bertz CT molecular complexity index is 959. The molecule has 2 heterocycles. The predicted octanol–water partition coefficient (Wildman–Crippen LogP) is -0.362. The largest absolute Gasteiger partial charge is 0.508 e. The first kappa shape index (κ1) is 26.6. The molecule has 0 spiro atoms. The van der Waals surface area contributed by atoms with Crippen molar-refractivity contribution in [1.29, 1.82) is 0 Å². The van der Waals surface area contributed by atoms with Crippen molar-refractivity contribution in [1.82, 2.24) is 0 Å². The molecule has 2 aliphatic heterocycles. The van der Waals surface area contributed by atoms with Crippen molar-refractivity contribution in [2.45, 2.75) is 56.4 Å². The van der Waals surface area contributed by atoms with Crippen molar-refractivity contribution in [3.8, 4) is 5.75 Å². The Morgan fingerprint density at radius 1 is 1.06 bits per heavy atom. The van der Waals surface area contributed by atoms with E-state index in [1.165, 1.54) is 24.5 Å². The normalized spacial score (nSPS) is 38.3. The molecule has 0 radical (unpaired) electrons. The zero-order chi connectivity index (χ0) is 26.0. The Hall–Kier alpha value is -2.51. The Kier molecular flexibility index (Phi) is 8.30. The average molecular weight is 509 g/mol. The summed E-state index contributed by atoms with van der Waals surface area (Å²) >= 11 is 0. The van der Waals surface area contributed by atoms with Gasteiger partial charge in [0.25, 0.3) is 0 Å². The van der Waals surface area contributed by atoms with Crippen LogP contribution in [0, 0.1) is 17.8 Å². The maximum absolute atomic E-state index is 12.6. The SMILES string of the molecule is CC1=CO[C@@H](O[C@H]2O[C@@H](CO)[C@H](O)[C@@H](O)[C@@H]2O)[C@@H]2[C@H](CO)C[C@H](OC(=O)/C=C/c3ccc(O)cc3)[C@@H]12. The lowest BCUT2D eigenvalue weighted by molar-refractivity contribution is -0.343. The molecule has 11 heteroatoms. The molecule has 198 valence electrons. The number of carbonyl (C=O) groups excluding carboxylic acids is 1. The van der Waals surface area contributed by atoms with Crippen LogP contribution in [0.15, 0.2) is 42.2 Å². The van der Waals surface area contributed by atoms with E-state index in [1.54, 1.807) is 18.2 Å². The number of aliphatic hydroxyl groups excluding tert-OH is 5. The first-order chi connectivity index (χ1) is 17.2. The minimum absolute atomic E-state index is 0.115. The number of rotatable bonds is 7. The summed E-state index contributed by atoms with van der Waals surface area (Å²) in [5, 5.41) is 59.3. The van der Waals surface area contributed by atoms with E-state index < -0.39 is 61.6 Å². The standard InChI is InChI=1S/C25H32O11/c1-12-11-33-24(36-25-23(32)22(31)21(30)17(10-27)35-25)20-14(9-26)8-16(19(12)20)34-18(29)7-4-13-2-5-15(28)6-3-13/h2-7,11,14,16-17,19-28,30-32H,8-10H2,1H3/b7-4+/t14-,16-,17-,19+,20+,21-,22+,23-,24-,25+/m0/s1. The van der Waals surface area contributed by atoms with Gasteiger partial charge in [-0.15, -0.1) is 0 Å². The fourth-order valence-electron chi connectivity index (χ4n) is 5.17. The van der Waals surface area contributed by atoms with Crippen molar-refractivity contribution in [3.05, 3.63) is 47.7 Å². The highest BCUT2D eigenvalue weighted by Gasteiger charge is 2.54. The molecule has 0 unspecified atom stereocenters. The number of carbonyl (C=O) groups is 1. The van der Waals surface area contributed by atoms with Crippen LogP contribution in [0.1, 0.15) is 18.9 Å². The van der Waals surface area contributed by atoms with Crippen molar-refractivity contribution >= 4 is 12.0 Å². The number of fused-ring (bicyclic) bond motifs is 1. The van der Waals surface area contributed by atoms with Gasteiger partial charge >= 0.3 is 5.97 Å². The molecule has 1 aromatic carbocycles. The van der Waals surface area contributed by atoms with Crippen LogP contribution >= 0.6 is 0 Å². The van der Waals surface area contributed by atoms with Gasteiger partial charge < -0.3 is 49.6 Å². The van der Waals surface area contributed by atoms with Crippen molar-refractivity contribution in [2.24, 2.45) is 17.8 Å². The van der Waals surface area contributed by atoms with E-state index in [9.17, 15) is 35.4 Å².